The van der Waals surface area contributed by atoms with Crippen molar-refractivity contribution in [2.24, 2.45) is 9.98 Å². The molecule has 0 fully saturated rings. The van der Waals surface area contributed by atoms with E-state index in [1.165, 1.54) is 11.1 Å². The summed E-state index contributed by atoms with van der Waals surface area (Å²) in [5, 5.41) is 0. The van der Waals surface area contributed by atoms with E-state index >= 15 is 0 Å². The summed E-state index contributed by atoms with van der Waals surface area (Å²) in [5.41, 5.74) is 8.87. The molecular formula is C34H28N2. The maximum atomic E-state index is 5.05. The molecule has 0 spiro atoms. The van der Waals surface area contributed by atoms with Gasteiger partial charge in [0, 0.05) is 22.3 Å². The van der Waals surface area contributed by atoms with Crippen LogP contribution in [0.2, 0.25) is 0 Å². The molecule has 5 rings (SSSR count). The molecule has 2 heteroatoms. The molecule has 36 heavy (non-hydrogen) atoms. The van der Waals surface area contributed by atoms with Gasteiger partial charge in [-0.2, -0.15) is 0 Å². The van der Waals surface area contributed by atoms with E-state index in [4.69, 9.17) is 9.98 Å². The van der Waals surface area contributed by atoms with Crippen molar-refractivity contribution in [2.45, 2.75) is 13.1 Å². The molecule has 0 aliphatic carbocycles. The van der Waals surface area contributed by atoms with E-state index in [0.29, 0.717) is 13.1 Å². The Morgan fingerprint density at radius 1 is 0.361 bits per heavy atom. The van der Waals surface area contributed by atoms with E-state index in [1.54, 1.807) is 0 Å². The van der Waals surface area contributed by atoms with Gasteiger partial charge >= 0.3 is 0 Å². The van der Waals surface area contributed by atoms with E-state index in [2.05, 4.69) is 121 Å². The molecule has 0 unspecified atom stereocenters. The third kappa shape index (κ3) is 5.92. The highest BCUT2D eigenvalue weighted by molar-refractivity contribution is 6.13. The maximum absolute atomic E-state index is 5.05. The van der Waals surface area contributed by atoms with Crippen LogP contribution in [0.3, 0.4) is 0 Å². The Morgan fingerprint density at radius 3 is 0.972 bits per heavy atom. The van der Waals surface area contributed by atoms with Crippen molar-refractivity contribution in [3.05, 3.63) is 179 Å². The third-order valence-electron chi connectivity index (χ3n) is 6.02. The molecule has 0 bridgehead atoms. The Morgan fingerprint density at radius 2 is 0.667 bits per heavy atom. The van der Waals surface area contributed by atoms with Crippen molar-refractivity contribution in [3.63, 3.8) is 0 Å². The second-order valence-corrected chi connectivity index (χ2v) is 8.61. The highest BCUT2D eigenvalue weighted by atomic mass is 14.7. The number of aliphatic imine (C=N–C) groups is 2. The average molecular weight is 465 g/mol. The topological polar surface area (TPSA) is 24.7 Å². The van der Waals surface area contributed by atoms with Crippen molar-refractivity contribution >= 4 is 11.4 Å². The fourth-order valence-corrected chi connectivity index (χ4v) is 4.25. The van der Waals surface area contributed by atoms with E-state index < -0.39 is 0 Å². The smallest absolute Gasteiger partial charge is 0.0723 e. The molecule has 0 heterocycles. The molecule has 2 nitrogen and oxygen atoms in total. The molecule has 0 saturated carbocycles. The Hall–Kier alpha value is -4.56. The second-order valence-electron chi connectivity index (χ2n) is 8.61. The lowest BCUT2D eigenvalue weighted by Gasteiger charge is -2.09. The van der Waals surface area contributed by atoms with Crippen LogP contribution in [0.5, 0.6) is 0 Å². The van der Waals surface area contributed by atoms with Crippen LogP contribution in [0, 0.1) is 0 Å². The summed E-state index contributed by atoms with van der Waals surface area (Å²) < 4.78 is 0. The van der Waals surface area contributed by atoms with Gasteiger partial charge in [-0.15, -0.1) is 0 Å². The summed E-state index contributed by atoms with van der Waals surface area (Å²) in [7, 11) is 0. The zero-order valence-electron chi connectivity index (χ0n) is 20.2. The van der Waals surface area contributed by atoms with Gasteiger partial charge in [0.05, 0.1) is 24.5 Å². The summed E-state index contributed by atoms with van der Waals surface area (Å²) >= 11 is 0. The molecule has 0 aliphatic rings. The molecule has 0 N–H and O–H groups in total. The van der Waals surface area contributed by atoms with Crippen LogP contribution < -0.4 is 0 Å². The molecule has 0 aromatic heterocycles. The molecule has 0 atom stereocenters. The normalized spacial score (nSPS) is 10.4. The van der Waals surface area contributed by atoms with Crippen LogP contribution in [0.1, 0.15) is 33.4 Å². The average Bonchev–Trinajstić information content (AvgIpc) is 2.96. The van der Waals surface area contributed by atoms with E-state index in [9.17, 15) is 0 Å². The first-order valence-corrected chi connectivity index (χ1v) is 12.3. The van der Waals surface area contributed by atoms with Gasteiger partial charge in [0.15, 0.2) is 0 Å². The summed E-state index contributed by atoms with van der Waals surface area (Å²) in [6.07, 6.45) is 0. The molecule has 174 valence electrons. The minimum atomic E-state index is 0.612. The molecule has 5 aromatic carbocycles. The highest BCUT2D eigenvalue weighted by Gasteiger charge is 2.08. The standard InChI is InChI=1S/C34H28N2/c1-5-16-29(17-6-1)33(30-18-7-2-8-19-30)35-25-27-14-13-15-28(24-27)26-36-34(31-20-9-3-10-21-31)32-22-11-4-12-23-32/h1-24H,25-26H2. The van der Waals surface area contributed by atoms with Crippen LogP contribution in [-0.2, 0) is 13.1 Å². The fraction of sp³-hybridized carbons (Fsp3) is 0.0588. The first-order valence-electron chi connectivity index (χ1n) is 12.3. The van der Waals surface area contributed by atoms with Gasteiger partial charge in [-0.25, -0.2) is 0 Å². The van der Waals surface area contributed by atoms with E-state index in [1.807, 2.05) is 24.3 Å². The molecular weight excluding hydrogens is 436 g/mol. The Labute approximate surface area is 213 Å². The van der Waals surface area contributed by atoms with Gasteiger partial charge in [0.25, 0.3) is 0 Å². The number of hydrogen-bond acceptors (Lipinski definition) is 2. The van der Waals surface area contributed by atoms with Crippen LogP contribution in [0.15, 0.2) is 156 Å². The lowest BCUT2D eigenvalue weighted by Crippen LogP contribution is -2.04. The lowest BCUT2D eigenvalue weighted by atomic mass is 10.0. The Balaban J connectivity index is 1.41. The summed E-state index contributed by atoms with van der Waals surface area (Å²) in [6.45, 7) is 1.22. The second kappa shape index (κ2) is 11.7. The largest absolute Gasteiger partial charge is 0.279 e. The quantitative estimate of drug-likeness (QED) is 0.210. The van der Waals surface area contributed by atoms with Gasteiger partial charge in [-0.1, -0.05) is 146 Å². The summed E-state index contributed by atoms with van der Waals surface area (Å²) in [6, 6.07) is 50.1. The minimum Gasteiger partial charge on any atom is -0.279 e. The molecule has 5 aromatic rings. The van der Waals surface area contributed by atoms with Crippen LogP contribution in [-0.4, -0.2) is 11.4 Å². The zero-order chi connectivity index (χ0) is 24.4. The predicted molar refractivity (Wildman–Crippen MR) is 151 cm³/mol. The first-order chi connectivity index (χ1) is 17.9. The van der Waals surface area contributed by atoms with Crippen molar-refractivity contribution in [1.82, 2.24) is 0 Å². The van der Waals surface area contributed by atoms with Crippen LogP contribution in [0.25, 0.3) is 0 Å². The predicted octanol–water partition coefficient (Wildman–Crippen LogP) is 7.76. The third-order valence-corrected chi connectivity index (χ3v) is 6.02. The molecule has 0 saturated heterocycles. The fourth-order valence-electron chi connectivity index (χ4n) is 4.25. The van der Waals surface area contributed by atoms with Gasteiger partial charge in [-0.05, 0) is 11.1 Å². The summed E-state index contributed by atoms with van der Waals surface area (Å²) in [5.74, 6) is 0. The van der Waals surface area contributed by atoms with E-state index in [0.717, 1.165) is 33.7 Å². The lowest BCUT2D eigenvalue weighted by molar-refractivity contribution is 1.02. The maximum Gasteiger partial charge on any atom is 0.0723 e. The van der Waals surface area contributed by atoms with Crippen molar-refractivity contribution < 1.29 is 0 Å². The van der Waals surface area contributed by atoms with Gasteiger partial charge in [-0.3, -0.25) is 9.98 Å². The summed E-state index contributed by atoms with van der Waals surface area (Å²) in [4.78, 5) is 10.1. The molecule has 0 radical (unpaired) electrons. The number of hydrogen-bond donors (Lipinski definition) is 0. The Kier molecular flexibility index (Phi) is 7.55. The van der Waals surface area contributed by atoms with Crippen molar-refractivity contribution in [2.75, 3.05) is 0 Å². The SMILES string of the molecule is c1ccc(C(=NCc2cccc(CN=C(c3ccccc3)c3ccccc3)c2)c2ccccc2)cc1. The van der Waals surface area contributed by atoms with Gasteiger partial charge in [0.1, 0.15) is 0 Å². The van der Waals surface area contributed by atoms with Gasteiger partial charge in [0.2, 0.25) is 0 Å². The number of benzene rings is 5. The van der Waals surface area contributed by atoms with Gasteiger partial charge < -0.3 is 0 Å². The Bertz CT molecular complexity index is 1250. The first kappa shape index (κ1) is 23.2. The number of rotatable bonds is 8. The van der Waals surface area contributed by atoms with Crippen molar-refractivity contribution in [3.8, 4) is 0 Å². The minimum absolute atomic E-state index is 0.612. The molecule has 0 aliphatic heterocycles. The van der Waals surface area contributed by atoms with Crippen LogP contribution >= 0.6 is 0 Å². The monoisotopic (exact) mass is 464 g/mol. The highest BCUT2D eigenvalue weighted by Crippen LogP contribution is 2.16. The zero-order valence-corrected chi connectivity index (χ0v) is 20.2. The number of nitrogens with zero attached hydrogens (tertiary/aromatic N) is 2. The molecule has 0 amide bonds. The van der Waals surface area contributed by atoms with Crippen LogP contribution in [0.4, 0.5) is 0 Å². The van der Waals surface area contributed by atoms with E-state index in [-0.39, 0.29) is 0 Å². The van der Waals surface area contributed by atoms with Crippen molar-refractivity contribution in [1.29, 1.82) is 0 Å².